The minimum absolute atomic E-state index is 0.406. The summed E-state index contributed by atoms with van der Waals surface area (Å²) in [6, 6.07) is 6.34. The Balaban J connectivity index is 2.94. The van der Waals surface area contributed by atoms with E-state index in [4.69, 9.17) is 5.73 Å². The van der Waals surface area contributed by atoms with E-state index in [9.17, 15) is 0 Å². The molecule has 2 N–H and O–H groups in total. The molecule has 0 spiro atoms. The van der Waals surface area contributed by atoms with Crippen LogP contribution in [-0.2, 0) is 6.54 Å². The van der Waals surface area contributed by atoms with Crippen molar-refractivity contribution >= 4 is 5.82 Å². The second-order valence-corrected chi connectivity index (χ2v) is 3.73. The summed E-state index contributed by atoms with van der Waals surface area (Å²) in [6.07, 6.45) is 1.89. The van der Waals surface area contributed by atoms with Gasteiger partial charge < -0.3 is 10.6 Å². The van der Waals surface area contributed by atoms with E-state index in [-0.39, 0.29) is 0 Å². The Kier molecular flexibility index (Phi) is 4.31. The lowest BCUT2D eigenvalue weighted by atomic mass is 10.3. The fourth-order valence-corrected chi connectivity index (χ4v) is 1.45. The number of rotatable bonds is 5. The molecule has 1 aromatic heterocycles. The molecule has 82 valence electrons. The third-order valence-electron chi connectivity index (χ3n) is 2.24. The van der Waals surface area contributed by atoms with E-state index in [1.165, 1.54) is 0 Å². The number of aromatic nitrogens is 1. The Morgan fingerprint density at radius 3 is 2.80 bits per heavy atom. The van der Waals surface area contributed by atoms with Crippen LogP contribution in [0.3, 0.4) is 0 Å². The zero-order valence-electron chi connectivity index (χ0n) is 9.48. The first-order valence-electron chi connectivity index (χ1n) is 5.22. The summed E-state index contributed by atoms with van der Waals surface area (Å²) in [4.78, 5) is 6.67. The van der Waals surface area contributed by atoms with Gasteiger partial charge in [0.25, 0.3) is 0 Å². The molecule has 0 bridgehead atoms. The molecule has 0 unspecified atom stereocenters. The van der Waals surface area contributed by atoms with E-state index in [0.717, 1.165) is 18.1 Å². The molecule has 3 nitrogen and oxygen atoms in total. The van der Waals surface area contributed by atoms with Crippen LogP contribution < -0.4 is 10.6 Å². The fraction of sp³-hybridized carbons (Fsp3) is 0.417. The molecule has 0 aliphatic heterocycles. The fourth-order valence-electron chi connectivity index (χ4n) is 1.45. The number of nitrogens with two attached hydrogens (primary N) is 1. The van der Waals surface area contributed by atoms with Crippen molar-refractivity contribution in [2.75, 3.05) is 11.4 Å². The highest BCUT2D eigenvalue weighted by molar-refractivity contribution is 5.41. The van der Waals surface area contributed by atoms with Crippen LogP contribution in [0, 0.1) is 0 Å². The molecule has 3 heteroatoms. The summed E-state index contributed by atoms with van der Waals surface area (Å²) in [5.41, 5.74) is 6.49. The molecule has 0 saturated carbocycles. The highest BCUT2D eigenvalue weighted by Gasteiger charge is 2.09. The van der Waals surface area contributed by atoms with Gasteiger partial charge in [-0.3, -0.25) is 0 Å². The maximum absolute atomic E-state index is 5.57. The van der Waals surface area contributed by atoms with Gasteiger partial charge >= 0.3 is 0 Å². The Morgan fingerprint density at radius 2 is 2.27 bits per heavy atom. The van der Waals surface area contributed by atoms with Gasteiger partial charge in [-0.2, -0.15) is 0 Å². The molecule has 0 amide bonds. The van der Waals surface area contributed by atoms with Crippen LogP contribution in [-0.4, -0.2) is 17.6 Å². The molecule has 1 heterocycles. The molecule has 15 heavy (non-hydrogen) atoms. The largest absolute Gasteiger partial charge is 0.350 e. The molecule has 0 aliphatic carbocycles. The number of pyridine rings is 1. The van der Waals surface area contributed by atoms with Crippen LogP contribution in [0.2, 0.25) is 0 Å². The molecule has 0 aromatic carbocycles. The maximum Gasteiger partial charge on any atom is 0.129 e. The average Bonchev–Trinajstić information content (AvgIpc) is 2.25. The number of hydrogen-bond donors (Lipinski definition) is 1. The molecular weight excluding hydrogens is 186 g/mol. The molecule has 0 saturated heterocycles. The van der Waals surface area contributed by atoms with Gasteiger partial charge in [0.15, 0.2) is 0 Å². The highest BCUT2D eigenvalue weighted by Crippen LogP contribution is 2.14. The van der Waals surface area contributed by atoms with E-state index in [0.29, 0.717) is 12.6 Å². The third kappa shape index (κ3) is 3.06. The number of nitrogens with zero attached hydrogens (tertiary/aromatic N) is 2. The first kappa shape index (κ1) is 11.7. The van der Waals surface area contributed by atoms with Gasteiger partial charge in [-0.05, 0) is 26.0 Å². The first-order valence-corrected chi connectivity index (χ1v) is 5.22. The predicted molar refractivity (Wildman–Crippen MR) is 64.8 cm³/mol. The summed E-state index contributed by atoms with van der Waals surface area (Å²) in [5, 5.41) is 0. The Bertz CT molecular complexity index is 320. The molecule has 0 fully saturated rings. The Labute approximate surface area is 91.6 Å². The summed E-state index contributed by atoms with van der Waals surface area (Å²) in [5.74, 6) is 0.966. The normalized spacial score (nSPS) is 10.4. The molecular formula is C12H19N3. The summed E-state index contributed by atoms with van der Waals surface area (Å²) in [7, 11) is 0. The second kappa shape index (κ2) is 5.51. The van der Waals surface area contributed by atoms with Gasteiger partial charge in [0.2, 0.25) is 0 Å². The quantitative estimate of drug-likeness (QED) is 0.747. The van der Waals surface area contributed by atoms with E-state index in [1.807, 2.05) is 24.3 Å². The van der Waals surface area contributed by atoms with E-state index >= 15 is 0 Å². The monoisotopic (exact) mass is 205 g/mol. The second-order valence-electron chi connectivity index (χ2n) is 3.73. The standard InChI is InChI=1S/C12H19N3/c1-4-8-15(10(2)3)12-7-5-6-11(9-13)14-12/h4-7,10H,1,8-9,13H2,2-3H3. The summed E-state index contributed by atoms with van der Waals surface area (Å²) < 4.78 is 0. The van der Waals surface area contributed by atoms with Gasteiger partial charge in [0, 0.05) is 19.1 Å². The third-order valence-corrected chi connectivity index (χ3v) is 2.24. The Morgan fingerprint density at radius 1 is 1.53 bits per heavy atom. The average molecular weight is 205 g/mol. The first-order chi connectivity index (χ1) is 7.19. The van der Waals surface area contributed by atoms with E-state index < -0.39 is 0 Å². The van der Waals surface area contributed by atoms with E-state index in [2.05, 4.69) is 30.3 Å². The van der Waals surface area contributed by atoms with Crippen molar-refractivity contribution < 1.29 is 0 Å². The molecule has 1 aromatic rings. The van der Waals surface area contributed by atoms with Crippen molar-refractivity contribution in [2.24, 2.45) is 5.73 Å². The van der Waals surface area contributed by atoms with Crippen molar-refractivity contribution in [1.29, 1.82) is 0 Å². The lowest BCUT2D eigenvalue weighted by Crippen LogP contribution is -2.31. The molecule has 0 atom stereocenters. The van der Waals surface area contributed by atoms with Crippen molar-refractivity contribution in [3.63, 3.8) is 0 Å². The van der Waals surface area contributed by atoms with Crippen LogP contribution in [0.5, 0.6) is 0 Å². The number of hydrogen-bond acceptors (Lipinski definition) is 3. The minimum Gasteiger partial charge on any atom is -0.350 e. The van der Waals surface area contributed by atoms with Crippen LogP contribution in [0.1, 0.15) is 19.5 Å². The van der Waals surface area contributed by atoms with Crippen LogP contribution >= 0.6 is 0 Å². The minimum atomic E-state index is 0.406. The molecule has 0 aliphatic rings. The van der Waals surface area contributed by atoms with Gasteiger partial charge in [0.1, 0.15) is 5.82 Å². The molecule has 1 rings (SSSR count). The molecule has 0 radical (unpaired) electrons. The predicted octanol–water partition coefficient (Wildman–Crippen LogP) is 1.94. The van der Waals surface area contributed by atoms with Crippen molar-refractivity contribution in [3.05, 3.63) is 36.5 Å². The van der Waals surface area contributed by atoms with Crippen molar-refractivity contribution in [1.82, 2.24) is 4.98 Å². The van der Waals surface area contributed by atoms with Crippen LogP contribution in [0.15, 0.2) is 30.9 Å². The van der Waals surface area contributed by atoms with Gasteiger partial charge in [-0.15, -0.1) is 6.58 Å². The summed E-state index contributed by atoms with van der Waals surface area (Å²) >= 11 is 0. The van der Waals surface area contributed by atoms with Crippen molar-refractivity contribution in [2.45, 2.75) is 26.4 Å². The Hall–Kier alpha value is -1.35. The van der Waals surface area contributed by atoms with E-state index in [1.54, 1.807) is 0 Å². The zero-order valence-corrected chi connectivity index (χ0v) is 9.48. The lowest BCUT2D eigenvalue weighted by molar-refractivity contribution is 0.709. The van der Waals surface area contributed by atoms with Crippen LogP contribution in [0.4, 0.5) is 5.82 Å². The van der Waals surface area contributed by atoms with Gasteiger partial charge in [-0.1, -0.05) is 12.1 Å². The maximum atomic E-state index is 5.57. The van der Waals surface area contributed by atoms with Gasteiger partial charge in [-0.25, -0.2) is 4.98 Å². The topological polar surface area (TPSA) is 42.1 Å². The van der Waals surface area contributed by atoms with Gasteiger partial charge in [0.05, 0.1) is 5.69 Å². The SMILES string of the molecule is C=CCN(c1cccc(CN)n1)C(C)C. The zero-order chi connectivity index (χ0) is 11.3. The van der Waals surface area contributed by atoms with Crippen molar-refractivity contribution in [3.8, 4) is 0 Å². The summed E-state index contributed by atoms with van der Waals surface area (Å²) in [6.45, 7) is 9.32. The smallest absolute Gasteiger partial charge is 0.129 e. The highest BCUT2D eigenvalue weighted by atomic mass is 15.2. The number of anilines is 1. The van der Waals surface area contributed by atoms with Crippen LogP contribution in [0.25, 0.3) is 0 Å². The lowest BCUT2D eigenvalue weighted by Gasteiger charge is -2.26.